The van der Waals surface area contributed by atoms with E-state index in [0.29, 0.717) is 0 Å². The molecule has 1 rings (SSSR count). The smallest absolute Gasteiger partial charge is 0.191 e. The van der Waals surface area contributed by atoms with Crippen LogP contribution >= 0.6 is 15.9 Å². The lowest BCUT2D eigenvalue weighted by Crippen LogP contribution is -2.22. The van der Waals surface area contributed by atoms with Crippen LogP contribution in [0.4, 0.5) is 0 Å². The fraction of sp³-hybridized carbons (Fsp3) is 0.667. The third-order valence-electron chi connectivity index (χ3n) is 1.87. The largest absolute Gasteiger partial charge is 0.348 e. The highest BCUT2D eigenvalue weighted by molar-refractivity contribution is 9.09. The quantitative estimate of drug-likeness (QED) is 0.611. The minimum absolute atomic E-state index is 0.0821. The number of nitrogens with zero attached hydrogens (tertiary/aromatic N) is 2. The van der Waals surface area contributed by atoms with Crippen molar-refractivity contribution in [2.75, 3.05) is 6.61 Å². The molecule has 0 aromatic carbocycles. The molecule has 0 radical (unpaired) electrons. The van der Waals surface area contributed by atoms with Gasteiger partial charge in [0.05, 0.1) is 6.33 Å². The second-order valence-corrected chi connectivity index (χ2v) is 10.9. The predicted molar refractivity (Wildman–Crippen MR) is 64.3 cm³/mol. The highest BCUT2D eigenvalue weighted by atomic mass is 79.9. The van der Waals surface area contributed by atoms with E-state index >= 15 is 0 Å². The summed E-state index contributed by atoms with van der Waals surface area (Å²) >= 11 is 3.45. The van der Waals surface area contributed by atoms with E-state index in [9.17, 15) is 0 Å². The van der Waals surface area contributed by atoms with Crippen molar-refractivity contribution in [2.45, 2.75) is 30.8 Å². The summed E-state index contributed by atoms with van der Waals surface area (Å²) in [5.41, 5.74) is 0. The van der Waals surface area contributed by atoms with E-state index in [4.69, 9.17) is 4.74 Å². The number of aromatic nitrogens is 2. The molecule has 0 bridgehead atoms. The van der Waals surface area contributed by atoms with Crippen LogP contribution in [0.25, 0.3) is 0 Å². The molecule has 1 unspecified atom stereocenters. The zero-order valence-electron chi connectivity index (χ0n) is 8.90. The van der Waals surface area contributed by atoms with E-state index in [1.54, 1.807) is 12.5 Å². The number of hydrogen-bond donors (Lipinski definition) is 0. The number of halogens is 1. The molecule has 14 heavy (non-hydrogen) atoms. The average molecular weight is 277 g/mol. The van der Waals surface area contributed by atoms with Crippen molar-refractivity contribution in [3.8, 4) is 0 Å². The van der Waals surface area contributed by atoms with E-state index < -0.39 is 8.07 Å². The average Bonchev–Trinajstić information content (AvgIpc) is 2.53. The van der Waals surface area contributed by atoms with Crippen LogP contribution in [0, 0.1) is 0 Å². The van der Waals surface area contributed by atoms with Crippen LogP contribution in [-0.4, -0.2) is 24.2 Å². The highest BCUT2D eigenvalue weighted by Crippen LogP contribution is 2.17. The fourth-order valence-corrected chi connectivity index (χ4v) is 2.10. The van der Waals surface area contributed by atoms with Gasteiger partial charge in [-0.05, 0) is 22.0 Å². The Bertz CT molecular complexity index is 258. The van der Waals surface area contributed by atoms with Gasteiger partial charge in [-0.25, -0.2) is 4.98 Å². The number of imidazole rings is 1. The first-order chi connectivity index (χ1) is 6.49. The first-order valence-electron chi connectivity index (χ1n) is 4.72. The summed E-state index contributed by atoms with van der Waals surface area (Å²) in [6.07, 6.45) is 5.37. The first-order valence-corrected chi connectivity index (χ1v) is 9.34. The summed E-state index contributed by atoms with van der Waals surface area (Å²) in [5, 5.41) is -0.0821. The minimum atomic E-state index is -0.980. The summed E-state index contributed by atoms with van der Waals surface area (Å²) < 4.78 is 7.53. The van der Waals surface area contributed by atoms with Crippen molar-refractivity contribution in [1.82, 2.24) is 9.55 Å². The van der Waals surface area contributed by atoms with Crippen molar-refractivity contribution in [3.63, 3.8) is 0 Å². The van der Waals surface area contributed by atoms with Crippen molar-refractivity contribution < 1.29 is 4.74 Å². The van der Waals surface area contributed by atoms with Crippen LogP contribution in [0.15, 0.2) is 18.7 Å². The Balaban J connectivity index is 2.26. The Morgan fingerprint density at radius 1 is 1.50 bits per heavy atom. The molecule has 5 heteroatoms. The zero-order valence-corrected chi connectivity index (χ0v) is 11.5. The number of hydrogen-bond acceptors (Lipinski definition) is 2. The lowest BCUT2D eigenvalue weighted by molar-refractivity contribution is 0.0837. The Morgan fingerprint density at radius 3 is 2.71 bits per heavy atom. The molecule has 0 fully saturated rings. The van der Waals surface area contributed by atoms with Gasteiger partial charge < -0.3 is 9.30 Å². The van der Waals surface area contributed by atoms with Gasteiger partial charge >= 0.3 is 0 Å². The van der Waals surface area contributed by atoms with E-state index in [1.165, 1.54) is 6.04 Å². The molecule has 0 aliphatic heterocycles. The van der Waals surface area contributed by atoms with E-state index in [-0.39, 0.29) is 5.14 Å². The topological polar surface area (TPSA) is 27.1 Å². The number of ether oxygens (including phenoxy) is 1. The van der Waals surface area contributed by atoms with Crippen molar-refractivity contribution >= 4 is 24.0 Å². The second kappa shape index (κ2) is 5.09. The lowest BCUT2D eigenvalue weighted by Gasteiger charge is -2.18. The molecule has 0 aliphatic carbocycles. The maximum Gasteiger partial charge on any atom is 0.191 e. The molecule has 0 amide bonds. The van der Waals surface area contributed by atoms with Gasteiger partial charge in [-0.15, -0.1) is 0 Å². The molecule has 1 aromatic heterocycles. The first kappa shape index (κ1) is 11.9. The molecule has 3 nitrogen and oxygen atoms in total. The van der Waals surface area contributed by atoms with Gasteiger partial charge in [0.2, 0.25) is 0 Å². The van der Waals surface area contributed by atoms with Crippen LogP contribution in [0.3, 0.4) is 0 Å². The monoisotopic (exact) mass is 276 g/mol. The third-order valence-corrected chi connectivity index (χ3v) is 4.31. The maximum atomic E-state index is 5.64. The van der Waals surface area contributed by atoms with Crippen LogP contribution in [-0.2, 0) is 4.74 Å². The SMILES string of the molecule is C[Si](C)(C)CCOC(Br)n1ccnc1. The summed E-state index contributed by atoms with van der Waals surface area (Å²) in [7, 11) is -0.980. The van der Waals surface area contributed by atoms with Gasteiger partial charge in [-0.1, -0.05) is 19.6 Å². The molecular weight excluding hydrogens is 260 g/mol. The normalized spacial score (nSPS) is 14.3. The molecule has 0 saturated heterocycles. The zero-order chi connectivity index (χ0) is 10.6. The van der Waals surface area contributed by atoms with Gasteiger partial charge in [-0.3, -0.25) is 0 Å². The Hall–Kier alpha value is -0.133. The highest BCUT2D eigenvalue weighted by Gasteiger charge is 2.14. The van der Waals surface area contributed by atoms with Gasteiger partial charge in [0.1, 0.15) is 0 Å². The van der Waals surface area contributed by atoms with E-state index in [0.717, 1.165) is 6.61 Å². The fourth-order valence-electron chi connectivity index (χ4n) is 0.938. The van der Waals surface area contributed by atoms with Crippen LogP contribution in [0.2, 0.25) is 25.7 Å². The maximum absolute atomic E-state index is 5.64. The molecule has 0 N–H and O–H groups in total. The van der Waals surface area contributed by atoms with Gasteiger partial charge in [0.25, 0.3) is 0 Å². The number of rotatable bonds is 5. The molecule has 0 saturated carbocycles. The Morgan fingerprint density at radius 2 is 2.21 bits per heavy atom. The summed E-state index contributed by atoms with van der Waals surface area (Å²) in [6.45, 7) is 7.84. The van der Waals surface area contributed by atoms with Gasteiger partial charge in [0.15, 0.2) is 5.14 Å². The molecule has 0 spiro atoms. The van der Waals surface area contributed by atoms with Crippen molar-refractivity contribution in [3.05, 3.63) is 18.7 Å². The van der Waals surface area contributed by atoms with Gasteiger partial charge in [-0.2, -0.15) is 0 Å². The van der Waals surface area contributed by atoms with E-state index in [1.807, 2.05) is 10.8 Å². The molecule has 1 atom stereocenters. The van der Waals surface area contributed by atoms with Crippen molar-refractivity contribution in [2.24, 2.45) is 0 Å². The number of alkyl halides is 1. The van der Waals surface area contributed by atoms with Crippen LogP contribution < -0.4 is 0 Å². The molecular formula is C9H17BrN2OSi. The molecule has 1 aromatic rings. The summed E-state index contributed by atoms with van der Waals surface area (Å²) in [6, 6.07) is 1.18. The van der Waals surface area contributed by atoms with Gasteiger partial charge in [0, 0.05) is 27.1 Å². The Kier molecular flexibility index (Phi) is 4.34. The molecule has 80 valence electrons. The molecule has 1 heterocycles. The second-order valence-electron chi connectivity index (χ2n) is 4.48. The van der Waals surface area contributed by atoms with Crippen molar-refractivity contribution in [1.29, 1.82) is 0 Å². The van der Waals surface area contributed by atoms with Crippen LogP contribution in [0.5, 0.6) is 0 Å². The van der Waals surface area contributed by atoms with E-state index in [2.05, 4.69) is 40.6 Å². The summed E-state index contributed by atoms with van der Waals surface area (Å²) in [4.78, 5) is 3.96. The standard InChI is InChI=1S/C9H17BrN2OSi/c1-14(2,3)7-6-13-9(10)12-5-4-11-8-12/h4-5,8-9H,6-7H2,1-3H3. The minimum Gasteiger partial charge on any atom is -0.348 e. The summed E-state index contributed by atoms with van der Waals surface area (Å²) in [5.74, 6) is 0. The predicted octanol–water partition coefficient (Wildman–Crippen LogP) is 3.09. The Labute approximate surface area is 94.6 Å². The lowest BCUT2D eigenvalue weighted by atomic mass is 10.8. The third kappa shape index (κ3) is 4.39. The van der Waals surface area contributed by atoms with Crippen LogP contribution in [0.1, 0.15) is 5.14 Å². The molecule has 0 aliphatic rings.